The molecule has 2 saturated carbocycles. The highest BCUT2D eigenvalue weighted by Crippen LogP contribution is 2.64. The fourth-order valence-electron chi connectivity index (χ4n) is 5.12. The standard InChI is InChI=1S/C18H33NO3/c1-17(2)13-6-7-18(17,3)16(9-13)19-10-14(20)11-21-12-15-5-4-8-22-15/h13-16,19-20H,4-12H2,1-3H3/p+1/t13-,14+,15+,16-,18-/m1/s1. The number of hydrogen-bond donors (Lipinski definition) is 2. The van der Waals surface area contributed by atoms with E-state index in [1.807, 2.05) is 0 Å². The Morgan fingerprint density at radius 1 is 1.32 bits per heavy atom. The van der Waals surface area contributed by atoms with Gasteiger partial charge in [0, 0.05) is 18.4 Å². The molecule has 1 saturated heterocycles. The number of aliphatic hydroxyl groups is 1. The Morgan fingerprint density at radius 2 is 2.14 bits per heavy atom. The minimum absolute atomic E-state index is 0.251. The van der Waals surface area contributed by atoms with Gasteiger partial charge in [0.2, 0.25) is 0 Å². The number of hydrogen-bond acceptors (Lipinski definition) is 3. The fraction of sp³-hybridized carbons (Fsp3) is 1.00. The first-order valence-corrected chi connectivity index (χ1v) is 9.14. The average Bonchev–Trinajstić information content (AvgIpc) is 3.10. The summed E-state index contributed by atoms with van der Waals surface area (Å²) in [5.74, 6) is 0.867. The van der Waals surface area contributed by atoms with Crippen LogP contribution in [0.4, 0.5) is 0 Å². The first-order valence-electron chi connectivity index (χ1n) is 9.14. The van der Waals surface area contributed by atoms with Crippen LogP contribution < -0.4 is 5.32 Å². The van der Waals surface area contributed by atoms with Gasteiger partial charge in [-0.15, -0.1) is 0 Å². The molecule has 0 radical (unpaired) electrons. The van der Waals surface area contributed by atoms with Crippen molar-refractivity contribution in [2.45, 2.75) is 71.1 Å². The molecule has 0 spiro atoms. The summed E-state index contributed by atoms with van der Waals surface area (Å²) in [4.78, 5) is 0. The van der Waals surface area contributed by atoms with Crippen LogP contribution in [0.3, 0.4) is 0 Å². The quantitative estimate of drug-likeness (QED) is 0.745. The number of aliphatic hydroxyl groups excluding tert-OH is 1. The minimum Gasteiger partial charge on any atom is -0.385 e. The van der Waals surface area contributed by atoms with Crippen LogP contribution in [0.2, 0.25) is 0 Å². The molecule has 0 amide bonds. The second-order valence-corrected chi connectivity index (χ2v) is 8.51. The minimum atomic E-state index is -0.368. The summed E-state index contributed by atoms with van der Waals surface area (Å²) in [7, 11) is 0. The van der Waals surface area contributed by atoms with E-state index in [2.05, 4.69) is 26.1 Å². The third-order valence-electron chi connectivity index (χ3n) is 7.19. The van der Waals surface area contributed by atoms with Crippen molar-refractivity contribution in [2.75, 3.05) is 26.4 Å². The van der Waals surface area contributed by atoms with Crippen molar-refractivity contribution in [3.05, 3.63) is 0 Å². The van der Waals surface area contributed by atoms with E-state index in [4.69, 9.17) is 9.47 Å². The van der Waals surface area contributed by atoms with Crippen molar-refractivity contribution >= 4 is 0 Å². The molecular weight excluding hydrogens is 278 g/mol. The lowest BCUT2D eigenvalue weighted by Gasteiger charge is -2.37. The van der Waals surface area contributed by atoms with Crippen LogP contribution in [0.1, 0.15) is 52.9 Å². The Kier molecular flexibility index (Phi) is 4.84. The molecule has 0 aromatic heterocycles. The lowest BCUT2D eigenvalue weighted by Crippen LogP contribution is -2.94. The number of nitrogens with two attached hydrogens (primary N) is 1. The van der Waals surface area contributed by atoms with Gasteiger partial charge < -0.3 is 19.9 Å². The summed E-state index contributed by atoms with van der Waals surface area (Å²) in [6, 6.07) is 0.661. The number of rotatable bonds is 7. The molecule has 2 bridgehead atoms. The van der Waals surface area contributed by atoms with Crippen LogP contribution in [-0.4, -0.2) is 49.7 Å². The van der Waals surface area contributed by atoms with Crippen LogP contribution in [-0.2, 0) is 9.47 Å². The molecule has 3 N–H and O–H groups in total. The molecule has 1 aliphatic heterocycles. The van der Waals surface area contributed by atoms with E-state index < -0.39 is 0 Å². The van der Waals surface area contributed by atoms with Gasteiger partial charge in [0.1, 0.15) is 12.6 Å². The normalized spacial score (nSPS) is 41.2. The van der Waals surface area contributed by atoms with Crippen molar-refractivity contribution in [3.63, 3.8) is 0 Å². The van der Waals surface area contributed by atoms with E-state index in [9.17, 15) is 5.11 Å². The van der Waals surface area contributed by atoms with Gasteiger partial charge >= 0.3 is 0 Å². The van der Waals surface area contributed by atoms with E-state index in [0.717, 1.165) is 31.9 Å². The number of ether oxygens (including phenoxy) is 2. The molecule has 1 heterocycles. The molecule has 2 aliphatic carbocycles. The molecule has 0 unspecified atom stereocenters. The first kappa shape index (κ1) is 16.7. The molecule has 4 nitrogen and oxygen atoms in total. The van der Waals surface area contributed by atoms with Gasteiger partial charge in [-0.25, -0.2) is 0 Å². The molecule has 4 heteroatoms. The maximum Gasteiger partial charge on any atom is 0.126 e. The van der Waals surface area contributed by atoms with Gasteiger partial charge in [-0.2, -0.15) is 0 Å². The Labute approximate surface area is 134 Å². The van der Waals surface area contributed by atoms with E-state index in [1.54, 1.807) is 0 Å². The third kappa shape index (κ3) is 2.95. The molecular formula is C18H34NO3+. The lowest BCUT2D eigenvalue weighted by molar-refractivity contribution is -0.707. The maximum atomic E-state index is 10.2. The predicted molar refractivity (Wildman–Crippen MR) is 85.6 cm³/mol. The molecule has 3 rings (SSSR count). The zero-order valence-electron chi connectivity index (χ0n) is 14.5. The molecule has 22 heavy (non-hydrogen) atoms. The van der Waals surface area contributed by atoms with Gasteiger partial charge in [-0.3, -0.25) is 0 Å². The first-order chi connectivity index (χ1) is 10.4. The lowest BCUT2D eigenvalue weighted by atomic mass is 9.69. The van der Waals surface area contributed by atoms with Crippen LogP contribution in [0, 0.1) is 16.7 Å². The monoisotopic (exact) mass is 312 g/mol. The molecule has 0 aromatic rings. The van der Waals surface area contributed by atoms with Gasteiger partial charge in [-0.05, 0) is 37.0 Å². The van der Waals surface area contributed by atoms with E-state index in [0.29, 0.717) is 30.1 Å². The van der Waals surface area contributed by atoms with Gasteiger partial charge in [0.05, 0.1) is 25.4 Å². The van der Waals surface area contributed by atoms with Gasteiger partial charge in [0.15, 0.2) is 0 Å². The summed E-state index contributed by atoms with van der Waals surface area (Å²) in [5, 5.41) is 12.6. The maximum absolute atomic E-state index is 10.2. The van der Waals surface area contributed by atoms with Crippen LogP contribution >= 0.6 is 0 Å². The fourth-order valence-corrected chi connectivity index (χ4v) is 5.12. The van der Waals surface area contributed by atoms with Crippen LogP contribution in [0.15, 0.2) is 0 Å². The summed E-state index contributed by atoms with van der Waals surface area (Å²) < 4.78 is 11.2. The van der Waals surface area contributed by atoms with Gasteiger partial charge in [-0.1, -0.05) is 20.8 Å². The SMILES string of the molecule is CC1(C)[C@@H]2CC[C@]1(C)[C@H]([NH2+]C[C@H](O)COC[C@@H]1CCCO1)C2. The number of quaternary nitrogens is 1. The summed E-state index contributed by atoms with van der Waals surface area (Å²) >= 11 is 0. The zero-order chi connectivity index (χ0) is 15.8. The summed E-state index contributed by atoms with van der Waals surface area (Å²) in [6.07, 6.45) is 6.17. The van der Waals surface area contributed by atoms with Crippen molar-refractivity contribution in [3.8, 4) is 0 Å². The highest BCUT2D eigenvalue weighted by Gasteiger charge is 2.63. The molecule has 0 aromatic carbocycles. The van der Waals surface area contributed by atoms with Crippen molar-refractivity contribution in [1.82, 2.24) is 0 Å². The average molecular weight is 312 g/mol. The van der Waals surface area contributed by atoms with Crippen LogP contribution in [0.25, 0.3) is 0 Å². The van der Waals surface area contributed by atoms with E-state index in [1.165, 1.54) is 19.3 Å². The van der Waals surface area contributed by atoms with E-state index >= 15 is 0 Å². The van der Waals surface area contributed by atoms with E-state index in [-0.39, 0.29) is 12.2 Å². The summed E-state index contributed by atoms with van der Waals surface area (Å²) in [5.41, 5.74) is 0.880. The summed E-state index contributed by atoms with van der Waals surface area (Å²) in [6.45, 7) is 10.0. The second kappa shape index (κ2) is 6.39. The topological polar surface area (TPSA) is 55.3 Å². The second-order valence-electron chi connectivity index (χ2n) is 8.51. The molecule has 3 aliphatic rings. The smallest absolute Gasteiger partial charge is 0.126 e. The molecule has 3 fully saturated rings. The zero-order valence-corrected chi connectivity index (χ0v) is 14.5. The van der Waals surface area contributed by atoms with Crippen molar-refractivity contribution in [1.29, 1.82) is 0 Å². The number of fused-ring (bicyclic) bond motifs is 2. The largest absolute Gasteiger partial charge is 0.385 e. The molecule has 5 atom stereocenters. The Bertz CT molecular complexity index is 381. The Hall–Kier alpha value is -0.160. The van der Waals surface area contributed by atoms with Crippen molar-refractivity contribution < 1.29 is 19.9 Å². The predicted octanol–water partition coefficient (Wildman–Crippen LogP) is 1.32. The molecule has 128 valence electrons. The Balaban J connectivity index is 1.37. The van der Waals surface area contributed by atoms with Gasteiger partial charge in [0.25, 0.3) is 0 Å². The Morgan fingerprint density at radius 3 is 2.73 bits per heavy atom. The highest BCUT2D eigenvalue weighted by atomic mass is 16.5. The van der Waals surface area contributed by atoms with Crippen molar-refractivity contribution in [2.24, 2.45) is 16.7 Å². The van der Waals surface area contributed by atoms with Crippen LogP contribution in [0.5, 0.6) is 0 Å². The third-order valence-corrected chi connectivity index (χ3v) is 7.19. The highest BCUT2D eigenvalue weighted by molar-refractivity contribution is 5.10.